The minimum Gasteiger partial charge on any atom is -0.362 e. The van der Waals surface area contributed by atoms with Crippen molar-refractivity contribution in [1.29, 1.82) is 0 Å². The summed E-state index contributed by atoms with van der Waals surface area (Å²) in [5.74, 6) is 1.63. The third-order valence-corrected chi connectivity index (χ3v) is 5.76. The minimum absolute atomic E-state index is 0.00849. The fourth-order valence-corrected chi connectivity index (χ4v) is 3.98. The molecule has 0 bridgehead atoms. The summed E-state index contributed by atoms with van der Waals surface area (Å²) >= 11 is 3.42. The Morgan fingerprint density at radius 1 is 1.11 bits per heavy atom. The summed E-state index contributed by atoms with van der Waals surface area (Å²) in [5, 5.41) is 6.65. The zero-order valence-corrected chi connectivity index (χ0v) is 18.5. The molecule has 150 valence electrons. The van der Waals surface area contributed by atoms with Gasteiger partial charge in [0.05, 0.1) is 0 Å². The number of nitrogens with one attached hydrogen (secondary N) is 2. The highest BCUT2D eigenvalue weighted by Gasteiger charge is 2.24. The number of hydrogen-bond donors (Lipinski definition) is 2. The number of carbonyl (C=O) groups excluding carboxylic acids is 1. The maximum Gasteiger partial charge on any atom is 0.251 e. The van der Waals surface area contributed by atoms with E-state index in [1.165, 1.54) is 0 Å². The maximum absolute atomic E-state index is 12.4. The first-order chi connectivity index (χ1) is 13.3. The zero-order valence-electron chi connectivity index (χ0n) is 16.9. The van der Waals surface area contributed by atoms with Crippen molar-refractivity contribution >= 4 is 33.6 Å². The molecule has 0 spiro atoms. The molecule has 0 atom stereocenters. The topological polar surface area (TPSA) is 70.1 Å². The molecule has 0 aliphatic heterocycles. The second-order valence-electron chi connectivity index (χ2n) is 7.65. The fraction of sp³-hybridized carbons (Fsp3) is 0.476. The number of anilines is 2. The number of rotatable bonds is 5. The van der Waals surface area contributed by atoms with Crippen LogP contribution in [-0.2, 0) is 0 Å². The van der Waals surface area contributed by atoms with Crippen molar-refractivity contribution in [1.82, 2.24) is 15.3 Å². The van der Waals surface area contributed by atoms with Gasteiger partial charge < -0.3 is 15.5 Å². The smallest absolute Gasteiger partial charge is 0.251 e. The van der Waals surface area contributed by atoms with Crippen LogP contribution < -0.4 is 15.5 Å². The predicted octanol–water partition coefficient (Wildman–Crippen LogP) is 4.08. The third-order valence-electron chi connectivity index (χ3n) is 5.27. The summed E-state index contributed by atoms with van der Waals surface area (Å²) < 4.78 is 0.915. The number of nitrogens with zero attached hydrogens (tertiary/aromatic N) is 3. The second kappa shape index (κ2) is 8.90. The predicted molar refractivity (Wildman–Crippen MR) is 117 cm³/mol. The summed E-state index contributed by atoms with van der Waals surface area (Å²) in [6, 6.07) is 8.03. The lowest BCUT2D eigenvalue weighted by Crippen LogP contribution is -2.40. The molecule has 0 unspecified atom stereocenters. The van der Waals surface area contributed by atoms with Crippen LogP contribution in [-0.4, -0.2) is 42.1 Å². The van der Waals surface area contributed by atoms with E-state index in [9.17, 15) is 4.79 Å². The summed E-state index contributed by atoms with van der Waals surface area (Å²) in [6.45, 7) is 4.07. The monoisotopic (exact) mass is 445 g/mol. The Labute approximate surface area is 175 Å². The van der Waals surface area contributed by atoms with Gasteiger partial charge in [0.15, 0.2) is 0 Å². The van der Waals surface area contributed by atoms with Crippen LogP contribution in [0.5, 0.6) is 0 Å². The van der Waals surface area contributed by atoms with Gasteiger partial charge in [0.2, 0.25) is 5.95 Å². The number of aromatic nitrogens is 2. The highest BCUT2D eigenvalue weighted by Crippen LogP contribution is 2.24. The van der Waals surface area contributed by atoms with E-state index >= 15 is 0 Å². The van der Waals surface area contributed by atoms with Gasteiger partial charge >= 0.3 is 0 Å². The molecule has 1 amide bonds. The Kier molecular flexibility index (Phi) is 6.54. The molecule has 28 heavy (non-hydrogen) atoms. The number of aryl methyl sites for hydroxylation is 1. The van der Waals surface area contributed by atoms with Gasteiger partial charge in [-0.2, -0.15) is 4.98 Å². The minimum atomic E-state index is -0.00849. The average Bonchev–Trinajstić information content (AvgIpc) is 2.66. The van der Waals surface area contributed by atoms with Crippen LogP contribution in [0.4, 0.5) is 11.8 Å². The summed E-state index contributed by atoms with van der Waals surface area (Å²) in [6.07, 6.45) is 3.86. The molecule has 1 aliphatic rings. The van der Waals surface area contributed by atoms with E-state index in [2.05, 4.69) is 36.5 Å². The number of amides is 1. The van der Waals surface area contributed by atoms with Crippen molar-refractivity contribution < 1.29 is 4.79 Å². The van der Waals surface area contributed by atoms with Crippen LogP contribution in [0.3, 0.4) is 0 Å². The standard InChI is InChI=1S/C21H28BrN5O/c1-13-14(2)23-21(26-19(13)27(3)4)25-18-10-8-17(9-11-18)24-20(28)15-6-5-7-16(22)12-15/h5-7,12,17-18H,8-11H2,1-4H3,(H,24,28)(H,23,25,26). The van der Waals surface area contributed by atoms with Crippen LogP contribution in [0.1, 0.15) is 47.3 Å². The maximum atomic E-state index is 12.4. The molecule has 1 saturated carbocycles. The Balaban J connectivity index is 1.55. The van der Waals surface area contributed by atoms with Gasteiger partial charge in [-0.25, -0.2) is 4.98 Å². The molecule has 1 heterocycles. The molecule has 3 rings (SSSR count). The lowest BCUT2D eigenvalue weighted by atomic mass is 9.91. The first-order valence-corrected chi connectivity index (χ1v) is 10.5. The lowest BCUT2D eigenvalue weighted by molar-refractivity contribution is 0.0926. The quantitative estimate of drug-likeness (QED) is 0.725. The number of carbonyl (C=O) groups is 1. The van der Waals surface area contributed by atoms with Crippen molar-refractivity contribution in [2.45, 2.75) is 51.6 Å². The van der Waals surface area contributed by atoms with Gasteiger partial charge in [-0.15, -0.1) is 0 Å². The van der Waals surface area contributed by atoms with Gasteiger partial charge in [-0.1, -0.05) is 22.0 Å². The highest BCUT2D eigenvalue weighted by atomic mass is 79.9. The van der Waals surface area contributed by atoms with Crippen molar-refractivity contribution in [3.63, 3.8) is 0 Å². The van der Waals surface area contributed by atoms with E-state index in [4.69, 9.17) is 0 Å². The van der Waals surface area contributed by atoms with Gasteiger partial charge in [-0.3, -0.25) is 4.79 Å². The number of benzene rings is 1. The van der Waals surface area contributed by atoms with E-state index in [0.717, 1.165) is 47.2 Å². The van der Waals surface area contributed by atoms with E-state index in [1.807, 2.05) is 57.1 Å². The summed E-state index contributed by atoms with van der Waals surface area (Å²) in [4.78, 5) is 23.7. The Hall–Kier alpha value is -2.15. The van der Waals surface area contributed by atoms with Gasteiger partial charge in [0.1, 0.15) is 5.82 Å². The fourth-order valence-electron chi connectivity index (χ4n) is 3.58. The van der Waals surface area contributed by atoms with E-state index in [0.29, 0.717) is 17.6 Å². The SMILES string of the molecule is Cc1nc(NC2CCC(NC(=O)c3cccc(Br)c3)CC2)nc(N(C)C)c1C. The number of hydrogen-bond acceptors (Lipinski definition) is 5. The number of halogens is 1. The first-order valence-electron chi connectivity index (χ1n) is 9.69. The molecular weight excluding hydrogens is 418 g/mol. The molecule has 0 saturated heterocycles. The lowest BCUT2D eigenvalue weighted by Gasteiger charge is -2.30. The first kappa shape index (κ1) is 20.6. The van der Waals surface area contributed by atoms with Crippen molar-refractivity contribution in [2.75, 3.05) is 24.3 Å². The molecule has 1 aliphatic carbocycles. The molecule has 1 aromatic carbocycles. The van der Waals surface area contributed by atoms with Crippen LogP contribution in [0.25, 0.3) is 0 Å². The Morgan fingerprint density at radius 2 is 1.79 bits per heavy atom. The largest absolute Gasteiger partial charge is 0.362 e. The second-order valence-corrected chi connectivity index (χ2v) is 8.57. The summed E-state index contributed by atoms with van der Waals surface area (Å²) in [7, 11) is 4.00. The van der Waals surface area contributed by atoms with Crippen LogP contribution in [0, 0.1) is 13.8 Å². The molecule has 2 aromatic rings. The molecule has 1 fully saturated rings. The highest BCUT2D eigenvalue weighted by molar-refractivity contribution is 9.10. The summed E-state index contributed by atoms with van der Waals surface area (Å²) in [5.41, 5.74) is 2.79. The average molecular weight is 446 g/mol. The molecule has 0 radical (unpaired) electrons. The van der Waals surface area contributed by atoms with Crippen molar-refractivity contribution in [2.24, 2.45) is 0 Å². The third kappa shape index (κ3) is 5.01. The van der Waals surface area contributed by atoms with E-state index in [-0.39, 0.29) is 11.9 Å². The molecular formula is C21H28BrN5O. The van der Waals surface area contributed by atoms with Gasteiger partial charge in [-0.05, 0) is 57.7 Å². The van der Waals surface area contributed by atoms with E-state index in [1.54, 1.807) is 0 Å². The van der Waals surface area contributed by atoms with E-state index < -0.39 is 0 Å². The van der Waals surface area contributed by atoms with Crippen molar-refractivity contribution in [3.05, 3.63) is 45.6 Å². The van der Waals surface area contributed by atoms with Gasteiger partial charge in [0, 0.05) is 47.5 Å². The van der Waals surface area contributed by atoms with Gasteiger partial charge in [0.25, 0.3) is 5.91 Å². The normalized spacial score (nSPS) is 19.2. The molecule has 7 heteroatoms. The molecule has 1 aromatic heterocycles. The van der Waals surface area contributed by atoms with Crippen LogP contribution >= 0.6 is 15.9 Å². The van der Waals surface area contributed by atoms with Crippen LogP contribution in [0.15, 0.2) is 28.7 Å². The van der Waals surface area contributed by atoms with Crippen molar-refractivity contribution in [3.8, 4) is 0 Å². The molecule has 6 nitrogen and oxygen atoms in total. The molecule has 2 N–H and O–H groups in total. The zero-order chi connectivity index (χ0) is 20.3. The Bertz CT molecular complexity index is 847. The Morgan fingerprint density at radius 3 is 2.43 bits per heavy atom. The van der Waals surface area contributed by atoms with Crippen LogP contribution in [0.2, 0.25) is 0 Å².